The molecule has 11 heterocycles. The van der Waals surface area contributed by atoms with Crippen molar-refractivity contribution in [1.82, 2.24) is 72.5 Å². The van der Waals surface area contributed by atoms with Crippen LogP contribution in [0.15, 0.2) is 343 Å². The van der Waals surface area contributed by atoms with E-state index in [1.807, 2.05) is 141 Å². The van der Waals surface area contributed by atoms with E-state index in [0.29, 0.717) is 80.4 Å². The standard InChI is InChI=1S/C31H25N5O4S.C25H20BrN5O3S.C19H15BrN4O.C8H5BrN2O2.C8H7BrN2.C8H6BrN/c1-21-10-12-27(13-11-21)41(39,40)36-20-29(28-15-24(16-32-30(28)36)23-8-5-9-26(37)14-23)34-31(38)25-17-33-35(19-25)18-22-6-3-2-4-7-22;1-17-7-9-21(10-8-17)35(33,34)31-16-23(22-11-20(26)13-27-24(22)31)29-25(32)19-12-28-30(15-19)14-18-5-3-2-4-6-18;20-15-8-16-17(21-10-15)6-7-18(16)23-19(25)14-9-22-24(12-14)11-13-4-2-1-3-5-13;9-5-3-6-7(10-4-5)1-2-8(6)11(12)13;9-5-3-6-7(10)1-2-8(6)11-4-5;9-7-4-6-2-1-3-8(6)10-5-7/h2-17,19-20,37H,18H2,1H3,(H,34,38);2-13,15-16H,14H2,1H3,(H,29,32);1-5,7-10,12H,6,11H2,(H,23,25);2-4H,1H2;1,3-4H,2,10H2;1-2,4-5H,3H2. The second-order valence-electron chi connectivity index (χ2n) is 31.1. The number of aromatic nitrogens is 14. The number of nitrogens with two attached hydrogens (primary N) is 1. The van der Waals surface area contributed by atoms with E-state index in [1.54, 1.807) is 136 Å². The van der Waals surface area contributed by atoms with Crippen LogP contribution in [0.25, 0.3) is 56.4 Å². The summed E-state index contributed by atoms with van der Waals surface area (Å²) in [7, 11) is -7.96. The van der Waals surface area contributed by atoms with E-state index in [4.69, 9.17) is 5.73 Å². The number of benzene rings is 6. The topological polar surface area (TPSA) is 386 Å². The van der Waals surface area contributed by atoms with E-state index in [2.05, 4.69) is 159 Å². The summed E-state index contributed by atoms with van der Waals surface area (Å²) in [6, 6.07) is 60.6. The number of rotatable bonds is 18. The number of fused-ring (bicyclic) bond motifs is 6. The van der Waals surface area contributed by atoms with Crippen LogP contribution in [0, 0.1) is 24.0 Å². The molecule has 0 fully saturated rings. The number of hydrogen-bond acceptors (Lipinski definition) is 20. The monoisotopic (exact) mass is 2150 g/mol. The molecule has 0 unspecified atom stereocenters. The van der Waals surface area contributed by atoms with E-state index >= 15 is 0 Å². The lowest BCUT2D eigenvalue weighted by molar-refractivity contribution is -0.375. The van der Waals surface area contributed by atoms with Crippen LogP contribution >= 0.6 is 79.6 Å². The maximum absolute atomic E-state index is 13.7. The molecular formula is C99H78Br5N19O10S2. The molecule has 135 heavy (non-hydrogen) atoms. The minimum absolute atomic E-state index is 0.0863. The highest BCUT2D eigenvalue weighted by molar-refractivity contribution is 9.11. The Labute approximate surface area is 816 Å². The number of halogens is 5. The first-order valence-corrected chi connectivity index (χ1v) is 48.4. The molecule has 29 nitrogen and oxygen atoms in total. The van der Waals surface area contributed by atoms with Gasteiger partial charge in [-0.2, -0.15) is 15.3 Å². The number of nitro groups is 1. The molecule has 6 N–H and O–H groups in total. The van der Waals surface area contributed by atoms with E-state index in [0.717, 1.165) is 113 Å². The van der Waals surface area contributed by atoms with Gasteiger partial charge in [-0.1, -0.05) is 163 Å². The lowest BCUT2D eigenvalue weighted by atomic mass is 10.1. The first-order chi connectivity index (χ1) is 65.1. The zero-order chi connectivity index (χ0) is 94.6. The third kappa shape index (κ3) is 22.8. The van der Waals surface area contributed by atoms with E-state index in [1.165, 1.54) is 60.6 Å². The van der Waals surface area contributed by atoms with Crippen LogP contribution in [0.3, 0.4) is 0 Å². The van der Waals surface area contributed by atoms with Gasteiger partial charge in [-0.25, -0.2) is 34.7 Å². The smallest absolute Gasteiger partial charge is 0.274 e. The van der Waals surface area contributed by atoms with Crippen molar-refractivity contribution < 1.29 is 41.2 Å². The minimum atomic E-state index is -4.03. The molecule has 0 aliphatic heterocycles. The Balaban J connectivity index is 0.000000126. The molecule has 36 heteroatoms. The largest absolute Gasteiger partial charge is 0.508 e. The van der Waals surface area contributed by atoms with Crippen molar-refractivity contribution in [3.8, 4) is 16.9 Å². The predicted octanol–water partition coefficient (Wildman–Crippen LogP) is 19.8. The summed E-state index contributed by atoms with van der Waals surface area (Å²) in [6.45, 7) is 5.42. The average molecular weight is 2160 g/mol. The summed E-state index contributed by atoms with van der Waals surface area (Å²) in [4.78, 5) is 75.0. The summed E-state index contributed by atoms with van der Waals surface area (Å²) in [6.07, 6.45) is 35.4. The quantitative estimate of drug-likeness (QED) is 0.0393. The molecule has 21 rings (SSSR count). The molecule has 0 radical (unpaired) electrons. The number of carbonyl (C=O) groups excluding carboxylic acids is 3. The molecule has 0 bridgehead atoms. The SMILES string of the molecule is Brc1cnc2c(c1)C=CC2.Cc1ccc(S(=O)(=O)n2cc(NC(=O)c3cnn(Cc4ccccc4)c3)c3cc(-c4cccc(O)c4)cnc32)cc1.Cc1ccc(S(=O)(=O)n2cc(NC(=O)c3cnn(Cc4ccccc4)c3)c3cc(Br)cnc32)cc1.NC1=CCc2ncc(Br)cc21.O=C(NC1=CCc2ncc(Br)cc21)c1cnn(Cc2ccccc2)c1.O=[N+]([O-])C1=CCc2ncc(Br)cc21. The molecular weight excluding hydrogens is 2080 g/mol. The number of pyridine rings is 6. The minimum Gasteiger partial charge on any atom is -0.508 e. The molecule has 0 atom stereocenters. The van der Waals surface area contributed by atoms with Crippen LogP contribution in [-0.2, 0) is 65.4 Å². The number of phenols is 1. The highest BCUT2D eigenvalue weighted by Gasteiger charge is 2.29. The highest BCUT2D eigenvalue weighted by Crippen LogP contribution is 2.37. The maximum Gasteiger partial charge on any atom is 0.274 e. The van der Waals surface area contributed by atoms with Crippen molar-refractivity contribution in [1.29, 1.82) is 0 Å². The van der Waals surface area contributed by atoms with Gasteiger partial charge in [0.15, 0.2) is 11.3 Å². The van der Waals surface area contributed by atoms with Gasteiger partial charge >= 0.3 is 0 Å². The first kappa shape index (κ1) is 93.8. The van der Waals surface area contributed by atoms with Gasteiger partial charge in [-0.3, -0.25) is 58.5 Å². The molecule has 3 amide bonds. The molecule has 17 aromatic rings. The Morgan fingerprint density at radius 2 is 0.844 bits per heavy atom. The van der Waals surface area contributed by atoms with E-state index in [-0.39, 0.29) is 49.0 Å². The number of allylic oxidation sites excluding steroid dienone is 4. The van der Waals surface area contributed by atoms with Gasteiger partial charge in [0.05, 0.1) is 109 Å². The van der Waals surface area contributed by atoms with Crippen molar-refractivity contribution in [2.75, 3.05) is 10.6 Å². The zero-order valence-electron chi connectivity index (χ0n) is 71.6. The number of anilines is 2. The van der Waals surface area contributed by atoms with Crippen LogP contribution in [0.5, 0.6) is 5.75 Å². The third-order valence-corrected chi connectivity index (χ3v) is 27.0. The van der Waals surface area contributed by atoms with E-state index < -0.39 is 31.9 Å². The lowest BCUT2D eigenvalue weighted by Gasteiger charge is -2.08. The van der Waals surface area contributed by atoms with Crippen molar-refractivity contribution in [3.63, 3.8) is 0 Å². The average Bonchev–Trinajstić information content (AvgIpc) is 1.61. The van der Waals surface area contributed by atoms with Crippen LogP contribution in [0.4, 0.5) is 11.4 Å². The highest BCUT2D eigenvalue weighted by atomic mass is 79.9. The summed E-state index contributed by atoms with van der Waals surface area (Å²) >= 11 is 16.7. The molecule has 4 aliphatic carbocycles. The fourth-order valence-electron chi connectivity index (χ4n) is 14.7. The van der Waals surface area contributed by atoms with Crippen molar-refractivity contribution in [3.05, 3.63) is 433 Å². The fraction of sp³-hybridized carbons (Fsp3) is 0.0909. The second-order valence-corrected chi connectivity index (χ2v) is 39.3. The Morgan fingerprint density at radius 1 is 0.430 bits per heavy atom. The number of nitrogens with one attached hydrogen (secondary N) is 3. The number of carbonyl (C=O) groups is 3. The number of aryl methyl sites for hydroxylation is 2. The lowest BCUT2D eigenvalue weighted by Crippen LogP contribution is -2.21. The fourth-order valence-corrected chi connectivity index (χ4v) is 19.0. The molecule has 0 saturated heterocycles. The van der Waals surface area contributed by atoms with Gasteiger partial charge in [0.1, 0.15) is 5.75 Å². The molecule has 11 aromatic heterocycles. The predicted molar refractivity (Wildman–Crippen MR) is 535 cm³/mol. The molecule has 0 saturated carbocycles. The Hall–Kier alpha value is -14.4. The first-order valence-electron chi connectivity index (χ1n) is 41.6. The summed E-state index contributed by atoms with van der Waals surface area (Å²) in [5.41, 5.74) is 24.0. The summed E-state index contributed by atoms with van der Waals surface area (Å²) in [5.74, 6) is -0.934. The number of phenolic OH excluding ortho intramolecular Hbond substituents is 1. The van der Waals surface area contributed by atoms with Crippen molar-refractivity contribution in [2.45, 2.75) is 69.0 Å². The number of nitrogens with zero attached hydrogens (tertiary/aromatic N) is 15. The third-order valence-electron chi connectivity index (χ3n) is 21.5. The second kappa shape index (κ2) is 41.8. The van der Waals surface area contributed by atoms with Gasteiger partial charge < -0.3 is 26.8 Å². The van der Waals surface area contributed by atoms with Crippen LogP contribution in [0.1, 0.15) is 104 Å². The zero-order valence-corrected chi connectivity index (χ0v) is 81.1. The van der Waals surface area contributed by atoms with Gasteiger partial charge in [-0.15, -0.1) is 0 Å². The molecule has 4 aliphatic rings. The Morgan fingerprint density at radius 3 is 1.34 bits per heavy atom. The summed E-state index contributed by atoms with van der Waals surface area (Å²) < 4.78 is 65.7. The maximum atomic E-state index is 13.7. The van der Waals surface area contributed by atoms with Gasteiger partial charge in [-0.05, 0) is 194 Å². The van der Waals surface area contributed by atoms with Crippen LogP contribution in [0.2, 0.25) is 0 Å². The normalized spacial score (nSPS) is 12.4. The molecule has 6 aromatic carbocycles. The molecule has 676 valence electrons. The number of aromatic hydroxyl groups is 1. The summed E-state index contributed by atoms with van der Waals surface area (Å²) in [5, 5.41) is 43.0. The van der Waals surface area contributed by atoms with Gasteiger partial charge in [0.25, 0.3) is 43.5 Å². The van der Waals surface area contributed by atoms with Gasteiger partial charge in [0, 0.05) is 161 Å². The van der Waals surface area contributed by atoms with Crippen LogP contribution < -0.4 is 21.7 Å². The number of amides is 3. The van der Waals surface area contributed by atoms with Crippen molar-refractivity contribution in [2.24, 2.45) is 5.73 Å². The Kier molecular flexibility index (Phi) is 29.1. The Bertz CT molecular complexity index is 7760. The van der Waals surface area contributed by atoms with Crippen molar-refractivity contribution >= 4 is 174 Å². The number of hydrogen-bond donors (Lipinski definition) is 5. The van der Waals surface area contributed by atoms with Crippen LogP contribution in [-0.4, -0.2) is 112 Å². The molecule has 0 spiro atoms. The van der Waals surface area contributed by atoms with Gasteiger partial charge in [0.2, 0.25) is 0 Å². The van der Waals surface area contributed by atoms with E-state index in [9.17, 15) is 46.4 Å².